The molecule has 0 aromatic carbocycles. The van der Waals surface area contributed by atoms with Crippen molar-refractivity contribution in [1.82, 2.24) is 10.2 Å². The van der Waals surface area contributed by atoms with Crippen LogP contribution in [-0.2, 0) is 0 Å². The zero-order chi connectivity index (χ0) is 14.3. The van der Waals surface area contributed by atoms with Crippen molar-refractivity contribution >= 4 is 0 Å². The van der Waals surface area contributed by atoms with Crippen molar-refractivity contribution in [3.05, 3.63) is 0 Å². The van der Waals surface area contributed by atoms with Crippen LogP contribution in [0.3, 0.4) is 0 Å². The quantitative estimate of drug-likeness (QED) is 0.678. The molecule has 0 spiro atoms. The Bertz CT molecular complexity index is 231. The third-order valence-electron chi connectivity index (χ3n) is 5.47. The molecule has 0 bridgehead atoms. The van der Waals surface area contributed by atoms with Crippen LogP contribution in [-0.4, -0.2) is 37.6 Å². The molecule has 2 atom stereocenters. The van der Waals surface area contributed by atoms with Crippen molar-refractivity contribution < 1.29 is 0 Å². The highest BCUT2D eigenvalue weighted by atomic mass is 15.2. The second-order valence-corrected chi connectivity index (χ2v) is 6.70. The fraction of sp³-hybridized carbons (Fsp3) is 1.00. The van der Waals surface area contributed by atoms with E-state index < -0.39 is 0 Å². The normalized spacial score (nSPS) is 21.8. The van der Waals surface area contributed by atoms with E-state index in [-0.39, 0.29) is 0 Å². The monoisotopic (exact) mass is 268 g/mol. The minimum Gasteiger partial charge on any atom is -0.315 e. The van der Waals surface area contributed by atoms with E-state index in [1.165, 1.54) is 57.8 Å². The molecule has 1 saturated carbocycles. The summed E-state index contributed by atoms with van der Waals surface area (Å²) in [6, 6.07) is 0.659. The number of likely N-dealkylation sites (N-methyl/N-ethyl adjacent to an activating group) is 2. The van der Waals surface area contributed by atoms with Crippen LogP contribution in [0.25, 0.3) is 0 Å². The van der Waals surface area contributed by atoms with Crippen molar-refractivity contribution in [2.45, 2.75) is 83.2 Å². The highest BCUT2D eigenvalue weighted by Gasteiger charge is 2.42. The molecule has 2 nitrogen and oxygen atoms in total. The van der Waals surface area contributed by atoms with Gasteiger partial charge in [-0.15, -0.1) is 0 Å². The molecule has 1 N–H and O–H groups in total. The molecule has 0 heterocycles. The fourth-order valence-electron chi connectivity index (χ4n) is 4.02. The molecule has 0 radical (unpaired) electrons. The maximum absolute atomic E-state index is 3.67. The van der Waals surface area contributed by atoms with Crippen LogP contribution < -0.4 is 5.32 Å². The summed E-state index contributed by atoms with van der Waals surface area (Å²) < 4.78 is 0. The molecule has 2 heteroatoms. The van der Waals surface area contributed by atoms with Crippen LogP contribution in [0.15, 0.2) is 0 Å². The highest BCUT2D eigenvalue weighted by molar-refractivity contribution is 5.02. The molecule has 0 saturated heterocycles. The molecule has 1 aliphatic carbocycles. The summed E-state index contributed by atoms with van der Waals surface area (Å²) in [4.78, 5) is 2.51. The van der Waals surface area contributed by atoms with Crippen molar-refractivity contribution in [2.75, 3.05) is 21.1 Å². The molecule has 0 aromatic rings. The summed E-state index contributed by atoms with van der Waals surface area (Å²) in [6.45, 7) is 4.67. The minimum absolute atomic E-state index is 0.411. The molecule has 1 aliphatic rings. The Labute approximate surface area is 121 Å². The Kier molecular flexibility index (Phi) is 7.38. The number of unbranched alkanes of at least 4 members (excludes halogenated alkanes) is 1. The lowest BCUT2D eigenvalue weighted by atomic mass is 9.79. The first-order valence-electron chi connectivity index (χ1n) is 8.45. The zero-order valence-corrected chi connectivity index (χ0v) is 14.0. The van der Waals surface area contributed by atoms with E-state index in [9.17, 15) is 0 Å². The summed E-state index contributed by atoms with van der Waals surface area (Å²) in [5, 5.41) is 3.67. The van der Waals surface area contributed by atoms with Crippen LogP contribution in [0.1, 0.15) is 71.6 Å². The highest BCUT2D eigenvalue weighted by Crippen LogP contribution is 2.39. The van der Waals surface area contributed by atoms with E-state index in [4.69, 9.17) is 0 Å². The predicted octanol–water partition coefficient (Wildman–Crippen LogP) is 4.06. The zero-order valence-electron chi connectivity index (χ0n) is 14.0. The van der Waals surface area contributed by atoms with Crippen molar-refractivity contribution in [1.29, 1.82) is 0 Å². The van der Waals surface area contributed by atoms with Crippen molar-refractivity contribution in [2.24, 2.45) is 5.92 Å². The van der Waals surface area contributed by atoms with Gasteiger partial charge in [-0.05, 0) is 46.3 Å². The Balaban J connectivity index is 2.69. The molecule has 19 heavy (non-hydrogen) atoms. The maximum atomic E-state index is 3.67. The fourth-order valence-corrected chi connectivity index (χ4v) is 4.02. The van der Waals surface area contributed by atoms with Crippen molar-refractivity contribution in [3.63, 3.8) is 0 Å². The number of rotatable bonds is 9. The van der Waals surface area contributed by atoms with Gasteiger partial charge in [0.1, 0.15) is 0 Å². The van der Waals surface area contributed by atoms with E-state index in [0.717, 1.165) is 5.92 Å². The van der Waals surface area contributed by atoms with Gasteiger partial charge < -0.3 is 10.2 Å². The average molecular weight is 268 g/mol. The summed E-state index contributed by atoms with van der Waals surface area (Å²) in [5.41, 5.74) is 0.411. The molecule has 0 amide bonds. The number of hydrogen-bond donors (Lipinski definition) is 1. The van der Waals surface area contributed by atoms with Gasteiger partial charge in [-0.25, -0.2) is 0 Å². The molecular formula is C17H36N2. The first-order chi connectivity index (χ1) is 9.10. The molecule has 2 unspecified atom stereocenters. The van der Waals surface area contributed by atoms with Crippen LogP contribution in [0, 0.1) is 5.92 Å². The topological polar surface area (TPSA) is 15.3 Å². The summed E-state index contributed by atoms with van der Waals surface area (Å²) >= 11 is 0. The molecule has 0 aromatic heterocycles. The second kappa shape index (κ2) is 8.26. The number of nitrogens with zero attached hydrogens (tertiary/aromatic N) is 1. The average Bonchev–Trinajstić information content (AvgIpc) is 2.90. The van der Waals surface area contributed by atoms with Crippen molar-refractivity contribution in [3.8, 4) is 0 Å². The second-order valence-electron chi connectivity index (χ2n) is 6.70. The smallest absolute Gasteiger partial charge is 0.0356 e. The first-order valence-corrected chi connectivity index (χ1v) is 8.45. The van der Waals surface area contributed by atoms with Gasteiger partial charge >= 0.3 is 0 Å². The Morgan fingerprint density at radius 2 is 1.79 bits per heavy atom. The molecule has 0 aliphatic heterocycles. The van der Waals surface area contributed by atoms with Gasteiger partial charge in [-0.3, -0.25) is 0 Å². The largest absolute Gasteiger partial charge is 0.315 e. The Hall–Kier alpha value is -0.0800. The van der Waals surface area contributed by atoms with Crippen LogP contribution in [0.4, 0.5) is 0 Å². The third-order valence-corrected chi connectivity index (χ3v) is 5.47. The van der Waals surface area contributed by atoms with Crippen LogP contribution in [0.5, 0.6) is 0 Å². The lowest BCUT2D eigenvalue weighted by molar-refractivity contribution is 0.0929. The van der Waals surface area contributed by atoms with E-state index in [1.807, 2.05) is 0 Å². The summed E-state index contributed by atoms with van der Waals surface area (Å²) in [6.07, 6.45) is 12.4. The lowest BCUT2D eigenvalue weighted by Crippen LogP contribution is -2.57. The minimum atomic E-state index is 0.411. The molecule has 1 rings (SSSR count). The van der Waals surface area contributed by atoms with E-state index >= 15 is 0 Å². The van der Waals surface area contributed by atoms with E-state index in [1.54, 1.807) is 0 Å². The third kappa shape index (κ3) is 4.19. The number of nitrogens with one attached hydrogen (secondary N) is 1. The summed E-state index contributed by atoms with van der Waals surface area (Å²) in [5.74, 6) is 0.898. The van der Waals surface area contributed by atoms with Crippen LogP contribution in [0.2, 0.25) is 0 Å². The van der Waals surface area contributed by atoms with Gasteiger partial charge in [0, 0.05) is 11.6 Å². The lowest BCUT2D eigenvalue weighted by Gasteiger charge is -2.44. The Morgan fingerprint density at radius 3 is 2.21 bits per heavy atom. The molecular weight excluding hydrogens is 232 g/mol. The standard InChI is InChI=1S/C17H36N2/c1-6-8-11-15(7-2)14-16(18-3)17(19(4)5)12-9-10-13-17/h15-16,18H,6-14H2,1-5H3. The summed E-state index contributed by atoms with van der Waals surface area (Å²) in [7, 11) is 6.73. The van der Waals surface area contributed by atoms with E-state index in [0.29, 0.717) is 11.6 Å². The van der Waals surface area contributed by atoms with Gasteiger partial charge in [0.25, 0.3) is 0 Å². The maximum Gasteiger partial charge on any atom is 0.0356 e. The Morgan fingerprint density at radius 1 is 1.16 bits per heavy atom. The van der Waals surface area contributed by atoms with Gasteiger partial charge in [0.05, 0.1) is 0 Å². The van der Waals surface area contributed by atoms with Crippen LogP contribution >= 0.6 is 0 Å². The predicted molar refractivity (Wildman–Crippen MR) is 85.7 cm³/mol. The first kappa shape index (κ1) is 17.0. The van der Waals surface area contributed by atoms with Gasteiger partial charge in [0.2, 0.25) is 0 Å². The number of hydrogen-bond acceptors (Lipinski definition) is 2. The molecule has 1 fully saturated rings. The van der Waals surface area contributed by atoms with Gasteiger partial charge in [-0.1, -0.05) is 52.4 Å². The van der Waals surface area contributed by atoms with Gasteiger partial charge in [-0.2, -0.15) is 0 Å². The molecule has 114 valence electrons. The SMILES string of the molecule is CCCCC(CC)CC(NC)C1(N(C)C)CCCC1. The van der Waals surface area contributed by atoms with E-state index in [2.05, 4.69) is 45.2 Å². The van der Waals surface area contributed by atoms with Gasteiger partial charge in [0.15, 0.2) is 0 Å².